The van der Waals surface area contributed by atoms with Crippen molar-refractivity contribution >= 4 is 46.1 Å². The Bertz CT molecular complexity index is 1080. The van der Waals surface area contributed by atoms with Crippen molar-refractivity contribution in [3.63, 3.8) is 0 Å². The van der Waals surface area contributed by atoms with E-state index in [0.717, 1.165) is 56.9 Å². The third-order valence-corrected chi connectivity index (χ3v) is 7.78. The van der Waals surface area contributed by atoms with E-state index >= 15 is 0 Å². The Morgan fingerprint density at radius 2 is 1.85 bits per heavy atom. The molecule has 0 unspecified atom stereocenters. The molecule has 7 nitrogen and oxygen atoms in total. The lowest BCUT2D eigenvalue weighted by Gasteiger charge is -2.37. The first-order valence-electron chi connectivity index (χ1n) is 12.1. The summed E-state index contributed by atoms with van der Waals surface area (Å²) in [6, 6.07) is 2.13. The van der Waals surface area contributed by atoms with Crippen LogP contribution in [0.4, 0.5) is 5.82 Å². The lowest BCUT2D eigenvalue weighted by Crippen LogP contribution is -2.48. The Morgan fingerprint density at radius 1 is 1.18 bits per heavy atom. The average molecular weight is 502 g/mol. The molecule has 2 aliphatic rings. The number of amides is 1. The Hall–Kier alpha value is -2.15. The molecule has 3 heterocycles. The first-order chi connectivity index (χ1) is 16.2. The monoisotopic (exact) mass is 501 g/mol. The van der Waals surface area contributed by atoms with Gasteiger partial charge < -0.3 is 9.80 Å². The summed E-state index contributed by atoms with van der Waals surface area (Å²) in [4.78, 5) is 33.4. The largest absolute Gasteiger partial charge is 0.355 e. The first-order valence-corrected chi connectivity index (χ1v) is 13.4. The zero-order valence-electron chi connectivity index (χ0n) is 20.9. The first kappa shape index (κ1) is 26.5. The van der Waals surface area contributed by atoms with Gasteiger partial charge in [-0.2, -0.15) is 5.26 Å². The van der Waals surface area contributed by atoms with E-state index in [9.17, 15) is 14.9 Å². The number of thiocarbonyl (C=S) groups is 1. The number of anilines is 1. The van der Waals surface area contributed by atoms with Crippen LogP contribution in [0, 0.1) is 24.2 Å². The van der Waals surface area contributed by atoms with Gasteiger partial charge in [0.25, 0.3) is 11.5 Å². The zero-order valence-corrected chi connectivity index (χ0v) is 22.5. The Labute approximate surface area is 212 Å². The van der Waals surface area contributed by atoms with Crippen molar-refractivity contribution in [2.75, 3.05) is 44.2 Å². The number of rotatable bonds is 8. The second-order valence-electron chi connectivity index (χ2n) is 9.27. The number of hydrogen-bond donors (Lipinski definition) is 0. The van der Waals surface area contributed by atoms with Gasteiger partial charge in [-0.05, 0) is 37.4 Å². The number of likely N-dealkylation sites (N-methyl/N-ethyl adjacent to an activating group) is 1. The number of aromatic nitrogens is 1. The molecular formula is C25H35N5O2S2. The smallest absolute Gasteiger partial charge is 0.270 e. The molecule has 34 heavy (non-hydrogen) atoms. The minimum atomic E-state index is -0.245. The Balaban J connectivity index is 2.18. The van der Waals surface area contributed by atoms with Crippen LogP contribution in [0.3, 0.4) is 0 Å². The van der Waals surface area contributed by atoms with Crippen LogP contribution in [0.15, 0.2) is 9.70 Å². The second-order valence-corrected chi connectivity index (χ2v) is 10.9. The van der Waals surface area contributed by atoms with Gasteiger partial charge in [-0.3, -0.25) is 19.1 Å². The van der Waals surface area contributed by atoms with Gasteiger partial charge in [-0.1, -0.05) is 58.1 Å². The molecule has 0 bridgehead atoms. The van der Waals surface area contributed by atoms with E-state index in [4.69, 9.17) is 12.2 Å². The summed E-state index contributed by atoms with van der Waals surface area (Å²) in [5, 5.41) is 9.83. The van der Waals surface area contributed by atoms with E-state index in [1.807, 2.05) is 13.0 Å². The van der Waals surface area contributed by atoms with Gasteiger partial charge in [0, 0.05) is 44.8 Å². The fourth-order valence-corrected chi connectivity index (χ4v) is 5.69. The summed E-state index contributed by atoms with van der Waals surface area (Å²) < 4.78 is 2.32. The van der Waals surface area contributed by atoms with E-state index in [-0.39, 0.29) is 17.0 Å². The minimum absolute atomic E-state index is 0.102. The number of nitrogens with zero attached hydrogens (tertiary/aromatic N) is 5. The molecule has 3 rings (SSSR count). The highest BCUT2D eigenvalue weighted by atomic mass is 32.2. The molecule has 2 fully saturated rings. The van der Waals surface area contributed by atoms with Crippen molar-refractivity contribution in [3.8, 4) is 6.07 Å². The summed E-state index contributed by atoms with van der Waals surface area (Å²) in [6.07, 6.45) is 3.64. The fourth-order valence-electron chi connectivity index (χ4n) is 4.44. The summed E-state index contributed by atoms with van der Waals surface area (Å²) in [5.41, 5.74) is 1.31. The van der Waals surface area contributed by atoms with Crippen LogP contribution < -0.4 is 10.5 Å². The summed E-state index contributed by atoms with van der Waals surface area (Å²) in [5.74, 6) is 1.02. The van der Waals surface area contributed by atoms with E-state index in [1.54, 1.807) is 9.47 Å². The van der Waals surface area contributed by atoms with Crippen molar-refractivity contribution in [3.05, 3.63) is 31.9 Å². The average Bonchev–Trinajstić information content (AvgIpc) is 3.07. The number of carbonyl (C=O) groups is 1. The maximum Gasteiger partial charge on any atom is 0.270 e. The number of nitriles is 1. The summed E-state index contributed by atoms with van der Waals surface area (Å²) >= 11 is 6.80. The molecule has 0 aliphatic carbocycles. The molecule has 2 saturated heterocycles. The van der Waals surface area contributed by atoms with E-state index in [2.05, 4.69) is 43.6 Å². The lowest BCUT2D eigenvalue weighted by atomic mass is 10.0. The number of piperazine rings is 1. The molecule has 0 saturated carbocycles. The normalized spacial score (nSPS) is 18.4. The number of hydrogen-bond acceptors (Lipinski definition) is 7. The summed E-state index contributed by atoms with van der Waals surface area (Å²) in [6.45, 7) is 15.7. The molecule has 0 radical (unpaired) electrons. The highest BCUT2D eigenvalue weighted by Crippen LogP contribution is 2.36. The molecule has 2 aliphatic heterocycles. The Morgan fingerprint density at radius 3 is 2.41 bits per heavy atom. The molecule has 0 N–H and O–H groups in total. The van der Waals surface area contributed by atoms with Crippen LogP contribution in [0.25, 0.3) is 6.08 Å². The highest BCUT2D eigenvalue weighted by Gasteiger charge is 2.34. The van der Waals surface area contributed by atoms with E-state index in [1.165, 1.54) is 11.8 Å². The fraction of sp³-hybridized carbons (Fsp3) is 0.600. The topological polar surface area (TPSA) is 72.6 Å². The quantitative estimate of drug-likeness (QED) is 0.396. The molecule has 0 aromatic carbocycles. The maximum absolute atomic E-state index is 13.4. The predicted molar refractivity (Wildman–Crippen MR) is 144 cm³/mol. The lowest BCUT2D eigenvalue weighted by molar-refractivity contribution is -0.122. The van der Waals surface area contributed by atoms with Crippen LogP contribution in [0.5, 0.6) is 0 Å². The Kier molecular flexibility index (Phi) is 8.96. The molecule has 1 amide bonds. The zero-order chi connectivity index (χ0) is 25.0. The number of unbranched alkanes of at least 4 members (excludes halogenated alkanes) is 1. The molecule has 0 atom stereocenters. The SMILES string of the molecule is CCCCn1c(N2CCN(CC)CC2)c(C=C2SC(=S)N(CC(C)C)C2=O)c(C)c(C#N)c1=O. The standard InChI is InChI=1S/C25H35N5O2S2/c1-6-8-9-29-22(28-12-10-27(7-2)11-13-28)19(18(5)20(15-26)23(29)31)14-21-24(32)30(16-17(3)4)25(33)34-21/h14,17H,6-13,16H2,1-5H3. The van der Waals surface area contributed by atoms with Crippen molar-refractivity contribution in [2.45, 2.75) is 54.0 Å². The molecule has 0 spiro atoms. The molecule has 1 aromatic heterocycles. The molecule has 1 aromatic rings. The van der Waals surface area contributed by atoms with Gasteiger partial charge in [-0.25, -0.2) is 0 Å². The maximum atomic E-state index is 13.4. The van der Waals surface area contributed by atoms with Crippen molar-refractivity contribution in [1.29, 1.82) is 5.26 Å². The van der Waals surface area contributed by atoms with Crippen LogP contribution in [0.1, 0.15) is 57.2 Å². The van der Waals surface area contributed by atoms with Gasteiger partial charge in [0.15, 0.2) is 0 Å². The molecule has 9 heteroatoms. The van der Waals surface area contributed by atoms with Crippen molar-refractivity contribution in [2.24, 2.45) is 5.92 Å². The summed E-state index contributed by atoms with van der Waals surface area (Å²) in [7, 11) is 0. The second kappa shape index (κ2) is 11.5. The number of thioether (sulfide) groups is 1. The predicted octanol–water partition coefficient (Wildman–Crippen LogP) is 3.83. The van der Waals surface area contributed by atoms with Crippen molar-refractivity contribution < 1.29 is 4.79 Å². The van der Waals surface area contributed by atoms with Crippen molar-refractivity contribution in [1.82, 2.24) is 14.4 Å². The molecular weight excluding hydrogens is 466 g/mol. The number of pyridine rings is 1. The molecule has 184 valence electrons. The highest BCUT2D eigenvalue weighted by molar-refractivity contribution is 8.26. The van der Waals surface area contributed by atoms with Gasteiger partial charge in [-0.15, -0.1) is 0 Å². The van der Waals surface area contributed by atoms with Crippen LogP contribution in [0.2, 0.25) is 0 Å². The van der Waals surface area contributed by atoms with Crippen LogP contribution >= 0.6 is 24.0 Å². The van der Waals surface area contributed by atoms with Gasteiger partial charge in [0.1, 0.15) is 21.8 Å². The van der Waals surface area contributed by atoms with E-state index < -0.39 is 0 Å². The van der Waals surface area contributed by atoms with Crippen LogP contribution in [-0.4, -0.2) is 63.9 Å². The van der Waals surface area contributed by atoms with Gasteiger partial charge >= 0.3 is 0 Å². The van der Waals surface area contributed by atoms with Gasteiger partial charge in [0.05, 0.1) is 4.91 Å². The minimum Gasteiger partial charge on any atom is -0.355 e. The van der Waals surface area contributed by atoms with E-state index in [0.29, 0.717) is 33.8 Å². The van der Waals surface area contributed by atoms with Gasteiger partial charge in [0.2, 0.25) is 0 Å². The number of carbonyl (C=O) groups excluding carboxylic acids is 1. The van der Waals surface area contributed by atoms with Crippen LogP contribution in [-0.2, 0) is 11.3 Å². The third kappa shape index (κ3) is 5.40. The third-order valence-electron chi connectivity index (χ3n) is 6.40.